The lowest BCUT2D eigenvalue weighted by molar-refractivity contribution is -0.116. The van der Waals surface area contributed by atoms with E-state index in [9.17, 15) is 9.59 Å². The lowest BCUT2D eigenvalue weighted by atomic mass is 10.3. The molecule has 3 aromatic heterocycles. The summed E-state index contributed by atoms with van der Waals surface area (Å²) in [5.74, 6) is -0.557. The highest BCUT2D eigenvalue weighted by Gasteiger charge is 2.20. The van der Waals surface area contributed by atoms with Crippen LogP contribution in [0, 0.1) is 0 Å². The van der Waals surface area contributed by atoms with Crippen LogP contribution in [0.5, 0.6) is 0 Å². The molecule has 0 radical (unpaired) electrons. The molecule has 0 aliphatic carbocycles. The number of anilines is 1. The number of halogens is 2. The summed E-state index contributed by atoms with van der Waals surface area (Å²) in [5.41, 5.74) is 1.42. The average Bonchev–Trinajstić information content (AvgIpc) is 3.29. The Morgan fingerprint density at radius 2 is 2.07 bits per heavy atom. The number of fused-ring (bicyclic) bond motifs is 3. The van der Waals surface area contributed by atoms with Gasteiger partial charge in [0, 0.05) is 24.3 Å². The highest BCUT2D eigenvalue weighted by Crippen LogP contribution is 2.29. The summed E-state index contributed by atoms with van der Waals surface area (Å²) in [6.45, 7) is -0.0877. The molecule has 0 aliphatic heterocycles. The van der Waals surface area contributed by atoms with E-state index in [1.807, 2.05) is 22.0 Å². The van der Waals surface area contributed by atoms with Crippen LogP contribution in [0.2, 0.25) is 10.0 Å². The van der Waals surface area contributed by atoms with Crippen molar-refractivity contribution in [1.82, 2.24) is 14.3 Å². The first kappa shape index (κ1) is 18.2. The summed E-state index contributed by atoms with van der Waals surface area (Å²) >= 11 is 14.7. The fourth-order valence-corrected chi connectivity index (χ4v) is 4.70. The number of hydrogen-bond acceptors (Lipinski definition) is 5. The van der Waals surface area contributed by atoms with Crippen molar-refractivity contribution >= 4 is 78.7 Å². The number of rotatable bonds is 4. The lowest BCUT2D eigenvalue weighted by Crippen LogP contribution is -2.34. The van der Waals surface area contributed by atoms with Crippen molar-refractivity contribution in [1.29, 1.82) is 0 Å². The van der Waals surface area contributed by atoms with Crippen LogP contribution in [-0.2, 0) is 4.79 Å². The van der Waals surface area contributed by atoms with Crippen LogP contribution < -0.4 is 5.32 Å². The number of thiophene rings is 1. The van der Waals surface area contributed by atoms with Crippen LogP contribution in [0.1, 0.15) is 9.67 Å². The molecule has 0 bridgehead atoms. The van der Waals surface area contributed by atoms with Crippen LogP contribution >= 0.6 is 45.9 Å². The second kappa shape index (κ2) is 7.12. The molecule has 2 amide bonds. The molecular formula is C17H12Cl2N4O2S2. The quantitative estimate of drug-likeness (QED) is 0.504. The van der Waals surface area contributed by atoms with Crippen molar-refractivity contribution in [2.75, 3.05) is 18.9 Å². The summed E-state index contributed by atoms with van der Waals surface area (Å²) < 4.78 is 1.95. The van der Waals surface area contributed by atoms with Gasteiger partial charge in [0.15, 0.2) is 4.96 Å². The Hall–Kier alpha value is -2.13. The minimum atomic E-state index is -0.326. The third-order valence-corrected chi connectivity index (χ3v) is 6.38. The number of amides is 2. The smallest absolute Gasteiger partial charge is 0.264 e. The Morgan fingerprint density at radius 3 is 2.85 bits per heavy atom. The molecule has 3 heterocycles. The van der Waals surface area contributed by atoms with E-state index in [2.05, 4.69) is 10.3 Å². The van der Waals surface area contributed by atoms with Crippen molar-refractivity contribution < 1.29 is 9.59 Å². The number of carbonyl (C=O) groups is 2. The molecule has 10 heteroatoms. The molecule has 27 heavy (non-hydrogen) atoms. The van der Waals surface area contributed by atoms with Gasteiger partial charge in [0.05, 0.1) is 27.0 Å². The van der Waals surface area contributed by atoms with E-state index in [-0.39, 0.29) is 18.4 Å². The molecule has 0 atom stereocenters. The van der Waals surface area contributed by atoms with Crippen molar-refractivity contribution in [3.05, 3.63) is 50.8 Å². The van der Waals surface area contributed by atoms with Crippen LogP contribution in [0.4, 0.5) is 5.69 Å². The first-order valence-electron chi connectivity index (χ1n) is 7.78. The number of aromatic nitrogens is 2. The Labute approximate surface area is 171 Å². The van der Waals surface area contributed by atoms with Gasteiger partial charge in [0.25, 0.3) is 5.91 Å². The first-order chi connectivity index (χ1) is 12.9. The van der Waals surface area contributed by atoms with E-state index in [0.717, 1.165) is 15.3 Å². The summed E-state index contributed by atoms with van der Waals surface area (Å²) in [4.78, 5) is 33.0. The lowest BCUT2D eigenvalue weighted by Gasteiger charge is -2.16. The summed E-state index contributed by atoms with van der Waals surface area (Å²) in [7, 11) is 1.59. The molecule has 1 aromatic carbocycles. The first-order valence-corrected chi connectivity index (χ1v) is 10.2. The Kier molecular flexibility index (Phi) is 4.81. The van der Waals surface area contributed by atoms with E-state index in [0.29, 0.717) is 20.6 Å². The third kappa shape index (κ3) is 3.53. The largest absolute Gasteiger partial charge is 0.332 e. The van der Waals surface area contributed by atoms with Crippen LogP contribution in [0.15, 0.2) is 35.8 Å². The maximum absolute atomic E-state index is 12.7. The molecule has 0 unspecified atom stereocenters. The van der Waals surface area contributed by atoms with Gasteiger partial charge in [0.1, 0.15) is 4.83 Å². The van der Waals surface area contributed by atoms with Gasteiger partial charge in [-0.3, -0.25) is 14.0 Å². The molecular weight excluding hydrogens is 427 g/mol. The molecule has 0 spiro atoms. The van der Waals surface area contributed by atoms with Gasteiger partial charge in [-0.05, 0) is 24.3 Å². The Morgan fingerprint density at radius 1 is 1.26 bits per heavy atom. The summed E-state index contributed by atoms with van der Waals surface area (Å²) in [6, 6.07) is 6.61. The highest BCUT2D eigenvalue weighted by atomic mass is 35.5. The van der Waals surface area contributed by atoms with Crippen molar-refractivity contribution in [2.24, 2.45) is 0 Å². The van der Waals surface area contributed by atoms with Crippen LogP contribution in [-0.4, -0.2) is 39.7 Å². The van der Waals surface area contributed by atoms with Crippen LogP contribution in [0.3, 0.4) is 0 Å². The molecule has 0 saturated heterocycles. The van der Waals surface area contributed by atoms with E-state index < -0.39 is 0 Å². The van der Waals surface area contributed by atoms with Gasteiger partial charge in [-0.15, -0.1) is 22.7 Å². The number of thiazole rings is 1. The molecule has 0 fully saturated rings. The molecule has 0 saturated carbocycles. The Balaban J connectivity index is 1.45. The van der Waals surface area contributed by atoms with Crippen molar-refractivity contribution in [3.8, 4) is 0 Å². The van der Waals surface area contributed by atoms with E-state index in [4.69, 9.17) is 23.2 Å². The minimum Gasteiger partial charge on any atom is -0.332 e. The fraction of sp³-hybridized carbons (Fsp3) is 0.118. The van der Waals surface area contributed by atoms with Crippen molar-refractivity contribution in [3.63, 3.8) is 0 Å². The zero-order chi connectivity index (χ0) is 19.1. The van der Waals surface area contributed by atoms with E-state index in [1.165, 1.54) is 16.2 Å². The van der Waals surface area contributed by atoms with Crippen LogP contribution in [0.25, 0.3) is 15.3 Å². The molecule has 4 rings (SSSR count). The SMILES string of the molecule is CN(CC(=O)Nc1ccc(Cl)c(Cl)c1)C(=O)c1cc2c(nc3sccn32)s1. The number of imidazole rings is 1. The highest BCUT2D eigenvalue weighted by molar-refractivity contribution is 7.21. The fourth-order valence-electron chi connectivity index (χ4n) is 2.60. The monoisotopic (exact) mass is 438 g/mol. The molecule has 4 aromatic rings. The molecule has 138 valence electrons. The Bertz CT molecular complexity index is 1180. The second-order valence-electron chi connectivity index (χ2n) is 5.81. The maximum Gasteiger partial charge on any atom is 0.264 e. The predicted octanol–water partition coefficient (Wildman–Crippen LogP) is 4.63. The number of likely N-dealkylation sites (N-methyl/N-ethyl adjacent to an activating group) is 1. The maximum atomic E-state index is 12.7. The number of carbonyl (C=O) groups excluding carboxylic acids is 2. The van der Waals surface area contributed by atoms with E-state index in [1.54, 1.807) is 36.6 Å². The third-order valence-electron chi connectivity index (χ3n) is 3.88. The van der Waals surface area contributed by atoms with Crippen molar-refractivity contribution in [2.45, 2.75) is 0 Å². The predicted molar refractivity (Wildman–Crippen MR) is 111 cm³/mol. The zero-order valence-corrected chi connectivity index (χ0v) is 17.0. The molecule has 0 aliphatic rings. The normalized spacial score (nSPS) is 11.2. The topological polar surface area (TPSA) is 66.7 Å². The van der Waals surface area contributed by atoms with Gasteiger partial charge >= 0.3 is 0 Å². The number of nitrogens with zero attached hydrogens (tertiary/aromatic N) is 3. The zero-order valence-electron chi connectivity index (χ0n) is 13.9. The van der Waals surface area contributed by atoms with E-state index >= 15 is 0 Å². The van der Waals surface area contributed by atoms with Gasteiger partial charge in [-0.2, -0.15) is 0 Å². The number of benzene rings is 1. The molecule has 6 nitrogen and oxygen atoms in total. The number of hydrogen-bond donors (Lipinski definition) is 1. The minimum absolute atomic E-state index is 0.0877. The average molecular weight is 439 g/mol. The van der Waals surface area contributed by atoms with Gasteiger partial charge in [-0.25, -0.2) is 4.98 Å². The summed E-state index contributed by atoms with van der Waals surface area (Å²) in [6.07, 6.45) is 1.92. The molecule has 1 N–H and O–H groups in total. The summed E-state index contributed by atoms with van der Waals surface area (Å²) in [5, 5.41) is 5.40. The number of nitrogens with one attached hydrogen (secondary N) is 1. The second-order valence-corrected chi connectivity index (χ2v) is 8.52. The standard InChI is InChI=1S/C17H12Cl2N4O2S2/c1-22(8-14(24)20-9-2-3-10(18)11(19)6-9)16(25)13-7-12-15(27-13)21-17-23(12)4-5-26-17/h2-7H,8H2,1H3,(H,20,24). The van der Waals surface area contributed by atoms with Gasteiger partial charge < -0.3 is 10.2 Å². The van der Waals surface area contributed by atoms with Gasteiger partial charge in [-0.1, -0.05) is 23.2 Å². The van der Waals surface area contributed by atoms with Gasteiger partial charge in [0.2, 0.25) is 5.91 Å².